The molecule has 0 aromatic heterocycles. The van der Waals surface area contributed by atoms with Gasteiger partial charge in [0.05, 0.1) is 60.0 Å². The molecule has 52 heavy (non-hydrogen) atoms. The first-order valence-electron chi connectivity index (χ1n) is 21.7. The predicted octanol–water partition coefficient (Wildman–Crippen LogP) is 10.2. The first-order valence-corrected chi connectivity index (χ1v) is 21.7. The monoisotopic (exact) mass is 731 g/mol. The Labute approximate surface area is 315 Å². The molecule has 0 amide bonds. The number of unbranched alkanes of at least 4 members (excludes halogenated alkanes) is 9. The van der Waals surface area contributed by atoms with Gasteiger partial charge >= 0.3 is 5.97 Å². The van der Waals surface area contributed by atoms with Crippen molar-refractivity contribution in [3.63, 3.8) is 0 Å². The Morgan fingerprint density at radius 1 is 0.596 bits per heavy atom. The van der Waals surface area contributed by atoms with E-state index in [0.717, 1.165) is 129 Å². The Morgan fingerprint density at radius 3 is 1.38 bits per heavy atom. The lowest BCUT2D eigenvalue weighted by Gasteiger charge is -2.66. The fourth-order valence-corrected chi connectivity index (χ4v) is 11.2. The van der Waals surface area contributed by atoms with Gasteiger partial charge in [-0.3, -0.25) is 0 Å². The van der Waals surface area contributed by atoms with E-state index in [1.807, 2.05) is 0 Å². The third kappa shape index (κ3) is 10.2. The number of hydrogen-bond acceptors (Lipinski definition) is 7. The van der Waals surface area contributed by atoms with Crippen molar-refractivity contribution in [3.05, 3.63) is 11.3 Å². The van der Waals surface area contributed by atoms with Crippen LogP contribution in [0.15, 0.2) is 11.3 Å². The summed E-state index contributed by atoms with van der Waals surface area (Å²) >= 11 is 0. The van der Waals surface area contributed by atoms with Crippen LogP contribution in [0, 0.1) is 11.3 Å². The highest BCUT2D eigenvalue weighted by Gasteiger charge is 2.66. The van der Waals surface area contributed by atoms with Gasteiger partial charge in [0.15, 0.2) is 0 Å². The number of allylic oxidation sites excluding steroid dienone is 1. The quantitative estimate of drug-likeness (QED) is 0.0534. The molecule has 3 heterocycles. The molecule has 0 radical (unpaired) electrons. The number of carboxylic acid groups (broad SMARTS) is 1. The SMILES string of the molecule is CC(C(=O)O)=C(OCCCCCCC1(C)CCO1)C12CC3CC(OCCCCCCC4(C)CCO4)(CC(OCCCCCCC4(C)CCO4)(C3)C1)C2. The van der Waals surface area contributed by atoms with Gasteiger partial charge in [-0.05, 0) is 124 Å². The molecule has 3 saturated heterocycles. The molecule has 7 fully saturated rings. The Morgan fingerprint density at radius 2 is 1.00 bits per heavy atom. The largest absolute Gasteiger partial charge is 0.497 e. The maximum absolute atomic E-state index is 12.6. The van der Waals surface area contributed by atoms with Crippen molar-refractivity contribution < 1.29 is 38.3 Å². The molecule has 5 atom stereocenters. The standard InChI is InChI=1S/C44H74O8/c1-35(38(45)46)37(47-23-14-8-5-11-17-39(2)20-26-48-39)42-29-36-30-43(32-42,51-24-15-9-6-12-18-40(3)21-27-49-40)34-44(31-36,33-42)52-25-16-10-7-13-19-41(4)22-28-50-41/h36H,5-34H2,1-4H3,(H,45,46). The molecule has 5 unspecified atom stereocenters. The van der Waals surface area contributed by atoms with Gasteiger partial charge in [-0.25, -0.2) is 4.79 Å². The molecule has 4 saturated carbocycles. The Kier molecular flexibility index (Phi) is 13.5. The van der Waals surface area contributed by atoms with Crippen LogP contribution in [0.3, 0.4) is 0 Å². The van der Waals surface area contributed by atoms with E-state index in [1.165, 1.54) is 64.2 Å². The zero-order valence-electron chi connectivity index (χ0n) is 33.6. The van der Waals surface area contributed by atoms with Crippen LogP contribution < -0.4 is 0 Å². The smallest absolute Gasteiger partial charge is 0.334 e. The van der Waals surface area contributed by atoms with Crippen LogP contribution in [-0.2, 0) is 33.2 Å². The lowest BCUT2D eigenvalue weighted by molar-refractivity contribution is -0.261. The lowest BCUT2D eigenvalue weighted by Crippen LogP contribution is -2.65. The van der Waals surface area contributed by atoms with Crippen molar-refractivity contribution in [2.45, 2.75) is 210 Å². The second-order valence-corrected chi connectivity index (χ2v) is 19.1. The normalized spacial score (nSPS) is 38.0. The van der Waals surface area contributed by atoms with Crippen molar-refractivity contribution in [3.8, 4) is 0 Å². The Balaban J connectivity index is 1.06. The summed E-state index contributed by atoms with van der Waals surface area (Å²) in [5.74, 6) is 0.309. The highest BCUT2D eigenvalue weighted by atomic mass is 16.5. The van der Waals surface area contributed by atoms with Crippen LogP contribution in [0.4, 0.5) is 0 Å². The molecule has 4 aliphatic carbocycles. The number of carbonyl (C=O) groups is 1. The predicted molar refractivity (Wildman–Crippen MR) is 203 cm³/mol. The minimum Gasteiger partial charge on any atom is -0.497 e. The highest BCUT2D eigenvalue weighted by molar-refractivity contribution is 5.86. The van der Waals surface area contributed by atoms with Crippen molar-refractivity contribution in [1.29, 1.82) is 0 Å². The van der Waals surface area contributed by atoms with Crippen LogP contribution in [0.5, 0.6) is 0 Å². The number of aliphatic carboxylic acids is 1. The van der Waals surface area contributed by atoms with Crippen LogP contribution in [-0.4, -0.2) is 78.7 Å². The van der Waals surface area contributed by atoms with E-state index in [0.29, 0.717) is 18.1 Å². The van der Waals surface area contributed by atoms with Crippen molar-refractivity contribution in [2.75, 3.05) is 39.6 Å². The molecule has 7 aliphatic rings. The number of rotatable bonds is 26. The van der Waals surface area contributed by atoms with Gasteiger partial charge in [0.2, 0.25) is 0 Å². The molecule has 0 aromatic carbocycles. The number of ether oxygens (including phenoxy) is 6. The van der Waals surface area contributed by atoms with Gasteiger partial charge in [0.25, 0.3) is 0 Å². The fourth-order valence-electron chi connectivity index (χ4n) is 11.2. The zero-order valence-corrected chi connectivity index (χ0v) is 33.6. The molecular formula is C44H74O8. The molecule has 298 valence electrons. The minimum absolute atomic E-state index is 0.0897. The Hall–Kier alpha value is -1.19. The molecule has 8 nitrogen and oxygen atoms in total. The van der Waals surface area contributed by atoms with E-state index >= 15 is 0 Å². The summed E-state index contributed by atoms with van der Waals surface area (Å²) < 4.78 is 38.1. The highest BCUT2D eigenvalue weighted by Crippen LogP contribution is 2.68. The topological polar surface area (TPSA) is 92.7 Å². The minimum atomic E-state index is -0.869. The molecule has 7 rings (SSSR count). The summed E-state index contributed by atoms with van der Waals surface area (Å²) in [7, 11) is 0. The Bertz CT molecular complexity index is 1150. The van der Waals surface area contributed by atoms with Crippen molar-refractivity contribution in [2.24, 2.45) is 11.3 Å². The average Bonchev–Trinajstić information content (AvgIpc) is 3.05. The van der Waals surface area contributed by atoms with E-state index in [1.54, 1.807) is 6.92 Å². The van der Waals surface area contributed by atoms with E-state index < -0.39 is 5.97 Å². The summed E-state index contributed by atoms with van der Waals surface area (Å²) in [6, 6.07) is 0. The zero-order chi connectivity index (χ0) is 36.8. The van der Waals surface area contributed by atoms with Gasteiger partial charge < -0.3 is 33.5 Å². The molecule has 0 aromatic rings. The average molecular weight is 731 g/mol. The first kappa shape index (κ1) is 40.5. The van der Waals surface area contributed by atoms with Gasteiger partial charge in [0, 0.05) is 25.0 Å². The van der Waals surface area contributed by atoms with Crippen LogP contribution in [0.25, 0.3) is 0 Å². The van der Waals surface area contributed by atoms with Crippen molar-refractivity contribution >= 4 is 5.97 Å². The maximum Gasteiger partial charge on any atom is 0.334 e. The van der Waals surface area contributed by atoms with Gasteiger partial charge in [0.1, 0.15) is 5.76 Å². The summed E-state index contributed by atoms with van der Waals surface area (Å²) in [6.07, 6.45) is 26.3. The number of carboxylic acids is 1. The molecule has 3 aliphatic heterocycles. The van der Waals surface area contributed by atoms with E-state index in [-0.39, 0.29) is 33.4 Å². The second kappa shape index (κ2) is 17.3. The van der Waals surface area contributed by atoms with Gasteiger partial charge in [-0.2, -0.15) is 0 Å². The molecular weight excluding hydrogens is 656 g/mol. The van der Waals surface area contributed by atoms with Crippen molar-refractivity contribution in [1.82, 2.24) is 0 Å². The maximum atomic E-state index is 12.6. The van der Waals surface area contributed by atoms with Crippen LogP contribution in [0.2, 0.25) is 0 Å². The summed E-state index contributed by atoms with van der Waals surface area (Å²) in [5.41, 5.74) is -0.216. The fraction of sp³-hybridized carbons (Fsp3) is 0.932. The van der Waals surface area contributed by atoms with Gasteiger partial charge in [-0.1, -0.05) is 57.8 Å². The summed E-state index contributed by atoms with van der Waals surface area (Å²) in [6.45, 7) is 13.3. The van der Waals surface area contributed by atoms with Gasteiger partial charge in [-0.15, -0.1) is 0 Å². The summed E-state index contributed by atoms with van der Waals surface area (Å²) in [5, 5.41) is 10.4. The second-order valence-electron chi connectivity index (χ2n) is 19.1. The molecule has 8 heteroatoms. The third-order valence-electron chi connectivity index (χ3n) is 14.2. The molecule has 1 N–H and O–H groups in total. The summed E-state index contributed by atoms with van der Waals surface area (Å²) in [4.78, 5) is 12.6. The number of hydrogen-bond donors (Lipinski definition) is 1. The molecule has 0 spiro atoms. The van der Waals surface area contributed by atoms with E-state index in [2.05, 4.69) is 20.8 Å². The molecule has 4 bridgehead atoms. The van der Waals surface area contributed by atoms with Crippen LogP contribution >= 0.6 is 0 Å². The van der Waals surface area contributed by atoms with Crippen LogP contribution in [0.1, 0.15) is 182 Å². The van der Waals surface area contributed by atoms with E-state index in [4.69, 9.17) is 28.4 Å². The van der Waals surface area contributed by atoms with E-state index in [9.17, 15) is 9.90 Å². The lowest BCUT2D eigenvalue weighted by atomic mass is 9.45. The first-order chi connectivity index (χ1) is 24.9. The third-order valence-corrected chi connectivity index (χ3v) is 14.2.